The van der Waals surface area contributed by atoms with Crippen LogP contribution >= 0.6 is 31.9 Å². The maximum Gasteiger partial charge on any atom is 0.307 e. The Morgan fingerprint density at radius 1 is 1.03 bits per heavy atom. The molecule has 1 aliphatic carbocycles. The van der Waals surface area contributed by atoms with E-state index in [1.165, 1.54) is 0 Å². The van der Waals surface area contributed by atoms with Crippen LogP contribution in [0.2, 0.25) is 0 Å². The van der Waals surface area contributed by atoms with Crippen molar-refractivity contribution in [3.63, 3.8) is 0 Å². The van der Waals surface area contributed by atoms with Crippen LogP contribution in [0.5, 0.6) is 5.75 Å². The first-order chi connectivity index (χ1) is 13.9. The first-order valence-corrected chi connectivity index (χ1v) is 10.8. The Kier molecular flexibility index (Phi) is 7.13. The maximum atomic E-state index is 12.3. The summed E-state index contributed by atoms with van der Waals surface area (Å²) in [6.07, 6.45) is 2.55. The number of carboxylic acids is 1. The lowest BCUT2D eigenvalue weighted by atomic mass is 9.79. The lowest BCUT2D eigenvalue weighted by Gasteiger charge is -2.27. The number of fused-ring (bicyclic) bond motifs is 1. The molecule has 29 heavy (non-hydrogen) atoms. The van der Waals surface area contributed by atoms with Gasteiger partial charge in [-0.15, -0.1) is 0 Å². The minimum absolute atomic E-state index is 0.298. The molecular weight excluding hydrogens is 508 g/mol. The number of rotatable bonds is 5. The minimum atomic E-state index is -0.979. The van der Waals surface area contributed by atoms with Gasteiger partial charge >= 0.3 is 5.97 Å². The standard InChI is InChI=1S/C20H20Br2N2O5/c21-12-6-7-13-11(9-12)5-8-16(18(13)22)29-10-17(25)23-24-19(26)14-3-1-2-4-15(14)20(27)28/h5-9,14-15H,1-4,10H2,(H,23,25)(H,24,26)(H,27,28). The molecule has 3 rings (SSSR count). The second kappa shape index (κ2) is 9.58. The molecular formula is C20H20Br2N2O5. The maximum absolute atomic E-state index is 12.3. The molecule has 0 spiro atoms. The van der Waals surface area contributed by atoms with Gasteiger partial charge in [-0.25, -0.2) is 0 Å². The predicted molar refractivity (Wildman–Crippen MR) is 114 cm³/mol. The molecule has 0 saturated heterocycles. The van der Waals surface area contributed by atoms with Crippen LogP contribution < -0.4 is 15.6 Å². The van der Waals surface area contributed by atoms with Gasteiger partial charge in [0.05, 0.1) is 16.3 Å². The highest BCUT2D eigenvalue weighted by Crippen LogP contribution is 2.34. The molecule has 3 N–H and O–H groups in total. The van der Waals surface area contributed by atoms with Crippen molar-refractivity contribution in [3.8, 4) is 5.75 Å². The summed E-state index contributed by atoms with van der Waals surface area (Å²) < 4.78 is 7.25. The van der Waals surface area contributed by atoms with E-state index >= 15 is 0 Å². The summed E-state index contributed by atoms with van der Waals surface area (Å²) in [6, 6.07) is 9.45. The van der Waals surface area contributed by atoms with Crippen LogP contribution in [0.3, 0.4) is 0 Å². The van der Waals surface area contributed by atoms with E-state index in [4.69, 9.17) is 4.74 Å². The molecule has 0 bridgehead atoms. The normalized spacial score (nSPS) is 18.8. The third-order valence-electron chi connectivity index (χ3n) is 4.98. The third-order valence-corrected chi connectivity index (χ3v) is 6.30. The van der Waals surface area contributed by atoms with E-state index in [0.717, 1.165) is 32.6 Å². The third kappa shape index (κ3) is 5.27. The molecule has 0 heterocycles. The van der Waals surface area contributed by atoms with E-state index in [0.29, 0.717) is 18.6 Å². The fraction of sp³-hybridized carbons (Fsp3) is 0.350. The number of aliphatic carboxylic acids is 1. The van der Waals surface area contributed by atoms with Gasteiger partial charge in [0.15, 0.2) is 6.61 Å². The molecule has 9 heteroatoms. The Morgan fingerprint density at radius 3 is 2.48 bits per heavy atom. The van der Waals surface area contributed by atoms with E-state index in [1.807, 2.05) is 24.3 Å². The Hall–Kier alpha value is -2.13. The Labute approximate surface area is 184 Å². The van der Waals surface area contributed by atoms with Crippen molar-refractivity contribution in [2.45, 2.75) is 25.7 Å². The van der Waals surface area contributed by atoms with Gasteiger partial charge in [0.25, 0.3) is 5.91 Å². The molecule has 0 aromatic heterocycles. The molecule has 0 radical (unpaired) electrons. The van der Waals surface area contributed by atoms with Gasteiger partial charge < -0.3 is 9.84 Å². The molecule has 2 aromatic rings. The van der Waals surface area contributed by atoms with Gasteiger partial charge in [0.2, 0.25) is 5.91 Å². The fourth-order valence-electron chi connectivity index (χ4n) is 3.50. The van der Waals surface area contributed by atoms with Crippen molar-refractivity contribution >= 4 is 60.4 Å². The average Bonchev–Trinajstić information content (AvgIpc) is 2.71. The van der Waals surface area contributed by atoms with Crippen molar-refractivity contribution in [1.82, 2.24) is 10.9 Å². The lowest BCUT2D eigenvalue weighted by Crippen LogP contribution is -2.49. The van der Waals surface area contributed by atoms with Crippen molar-refractivity contribution in [2.75, 3.05) is 6.61 Å². The van der Waals surface area contributed by atoms with Gasteiger partial charge in [-0.05, 0) is 57.7 Å². The van der Waals surface area contributed by atoms with Crippen molar-refractivity contribution < 1.29 is 24.2 Å². The molecule has 2 amide bonds. The quantitative estimate of drug-likeness (QED) is 0.513. The Balaban J connectivity index is 1.54. The van der Waals surface area contributed by atoms with Crippen molar-refractivity contribution in [3.05, 3.63) is 39.3 Å². The van der Waals surface area contributed by atoms with Crippen LogP contribution in [0, 0.1) is 11.8 Å². The highest BCUT2D eigenvalue weighted by atomic mass is 79.9. The topological polar surface area (TPSA) is 105 Å². The summed E-state index contributed by atoms with van der Waals surface area (Å²) in [6.45, 7) is -0.298. The summed E-state index contributed by atoms with van der Waals surface area (Å²) in [7, 11) is 0. The number of carbonyl (C=O) groups excluding carboxylic acids is 2. The molecule has 154 valence electrons. The molecule has 1 fully saturated rings. The van der Waals surface area contributed by atoms with Crippen LogP contribution in [0.15, 0.2) is 39.3 Å². The van der Waals surface area contributed by atoms with E-state index in [1.54, 1.807) is 6.07 Å². The fourth-order valence-corrected chi connectivity index (χ4v) is 4.48. The average molecular weight is 528 g/mol. The van der Waals surface area contributed by atoms with Gasteiger partial charge in [-0.3, -0.25) is 25.2 Å². The highest BCUT2D eigenvalue weighted by molar-refractivity contribution is 9.11. The molecule has 2 atom stereocenters. The summed E-state index contributed by atoms with van der Waals surface area (Å²) in [5, 5.41) is 11.2. The number of carbonyl (C=O) groups is 3. The van der Waals surface area contributed by atoms with Crippen molar-refractivity contribution in [2.24, 2.45) is 11.8 Å². The number of ether oxygens (including phenoxy) is 1. The number of nitrogens with one attached hydrogen (secondary N) is 2. The largest absolute Gasteiger partial charge is 0.483 e. The molecule has 7 nitrogen and oxygen atoms in total. The monoisotopic (exact) mass is 526 g/mol. The molecule has 1 saturated carbocycles. The number of hydrogen-bond acceptors (Lipinski definition) is 4. The van der Waals surface area contributed by atoms with E-state index in [2.05, 4.69) is 42.7 Å². The zero-order chi connectivity index (χ0) is 21.0. The smallest absolute Gasteiger partial charge is 0.307 e. The van der Waals surface area contributed by atoms with Crippen LogP contribution in [0.1, 0.15) is 25.7 Å². The molecule has 2 aromatic carbocycles. The molecule has 1 aliphatic rings. The summed E-state index contributed by atoms with van der Waals surface area (Å²) in [5.41, 5.74) is 4.62. The molecule has 0 aliphatic heterocycles. The minimum Gasteiger partial charge on any atom is -0.483 e. The number of hydrazine groups is 1. The zero-order valence-electron chi connectivity index (χ0n) is 15.4. The number of halogens is 2. The first-order valence-electron chi connectivity index (χ1n) is 9.19. The number of benzene rings is 2. The van der Waals surface area contributed by atoms with Gasteiger partial charge in [-0.1, -0.05) is 40.9 Å². The second-order valence-electron chi connectivity index (χ2n) is 6.90. The zero-order valence-corrected chi connectivity index (χ0v) is 18.6. The Bertz CT molecular complexity index is 950. The van der Waals surface area contributed by atoms with Gasteiger partial charge in [0, 0.05) is 4.47 Å². The summed E-state index contributed by atoms with van der Waals surface area (Å²) in [4.78, 5) is 35.6. The molecule has 2 unspecified atom stereocenters. The summed E-state index contributed by atoms with van der Waals surface area (Å²) in [5.74, 6) is -2.86. The van der Waals surface area contributed by atoms with Gasteiger partial charge in [0.1, 0.15) is 5.75 Å². The van der Waals surface area contributed by atoms with Crippen molar-refractivity contribution in [1.29, 1.82) is 0 Å². The number of amides is 2. The van der Waals surface area contributed by atoms with Crippen LogP contribution in [-0.4, -0.2) is 29.5 Å². The summed E-state index contributed by atoms with van der Waals surface area (Å²) >= 11 is 6.92. The van der Waals surface area contributed by atoms with E-state index in [9.17, 15) is 19.5 Å². The van der Waals surface area contributed by atoms with Crippen LogP contribution in [0.4, 0.5) is 0 Å². The van der Waals surface area contributed by atoms with E-state index in [-0.39, 0.29) is 6.61 Å². The SMILES string of the molecule is O=C(COc1ccc2cc(Br)ccc2c1Br)NNC(=O)C1CCCCC1C(=O)O. The van der Waals surface area contributed by atoms with E-state index < -0.39 is 29.6 Å². The van der Waals surface area contributed by atoms with Crippen LogP contribution in [0.25, 0.3) is 10.8 Å². The number of carboxylic acid groups (broad SMARTS) is 1. The van der Waals surface area contributed by atoms with Crippen LogP contribution in [-0.2, 0) is 14.4 Å². The lowest BCUT2D eigenvalue weighted by molar-refractivity contribution is -0.149. The predicted octanol–water partition coefficient (Wildman–Crippen LogP) is 3.78. The first kappa shape index (κ1) is 21.6. The Morgan fingerprint density at radius 2 is 1.76 bits per heavy atom. The second-order valence-corrected chi connectivity index (χ2v) is 8.61. The van der Waals surface area contributed by atoms with Gasteiger partial charge in [-0.2, -0.15) is 0 Å². The highest BCUT2D eigenvalue weighted by Gasteiger charge is 2.35. The number of hydrogen-bond donors (Lipinski definition) is 3.